The van der Waals surface area contributed by atoms with Crippen LogP contribution in [0.5, 0.6) is 0 Å². The number of hydrogen-bond acceptors (Lipinski definition) is 3. The molecule has 0 aliphatic heterocycles. The second-order valence-electron chi connectivity index (χ2n) is 2.98. The lowest BCUT2D eigenvalue weighted by Gasteiger charge is -1.97. The van der Waals surface area contributed by atoms with Crippen LogP contribution in [-0.2, 0) is 6.42 Å². The van der Waals surface area contributed by atoms with E-state index < -0.39 is 0 Å². The third-order valence-electron chi connectivity index (χ3n) is 1.93. The summed E-state index contributed by atoms with van der Waals surface area (Å²) in [7, 11) is 0. The quantitative estimate of drug-likeness (QED) is 0.774. The Bertz CT molecular complexity index is 394. The molecule has 0 bridgehead atoms. The van der Waals surface area contributed by atoms with E-state index in [9.17, 15) is 0 Å². The van der Waals surface area contributed by atoms with Gasteiger partial charge in [0, 0.05) is 18.8 Å². The maximum absolute atomic E-state index is 5.44. The van der Waals surface area contributed by atoms with E-state index in [1.54, 1.807) is 10.9 Å². The summed E-state index contributed by atoms with van der Waals surface area (Å²) < 4.78 is 1.75. The topological polar surface area (TPSA) is 56.7 Å². The fourth-order valence-electron chi connectivity index (χ4n) is 1.26. The molecule has 0 fully saturated rings. The Morgan fingerprint density at radius 1 is 1.29 bits per heavy atom. The van der Waals surface area contributed by atoms with Gasteiger partial charge in [-0.3, -0.25) is 0 Å². The average molecular weight is 188 g/mol. The normalized spacial score (nSPS) is 10.4. The van der Waals surface area contributed by atoms with Gasteiger partial charge < -0.3 is 5.73 Å². The average Bonchev–Trinajstić information content (AvgIpc) is 2.68. The number of nitrogens with two attached hydrogens (primary N) is 1. The SMILES string of the molecule is NCCc1ccn(-c2ccccn2)n1. The van der Waals surface area contributed by atoms with Crippen molar-refractivity contribution in [3.05, 3.63) is 42.4 Å². The molecule has 0 aliphatic rings. The van der Waals surface area contributed by atoms with Gasteiger partial charge in [-0.2, -0.15) is 5.10 Å². The smallest absolute Gasteiger partial charge is 0.153 e. The molecule has 72 valence electrons. The molecule has 0 amide bonds. The Hall–Kier alpha value is -1.68. The number of nitrogens with zero attached hydrogens (tertiary/aromatic N) is 3. The van der Waals surface area contributed by atoms with E-state index in [0.29, 0.717) is 6.54 Å². The molecule has 4 nitrogen and oxygen atoms in total. The van der Waals surface area contributed by atoms with E-state index in [2.05, 4.69) is 10.1 Å². The fourth-order valence-corrected chi connectivity index (χ4v) is 1.26. The number of pyridine rings is 1. The maximum Gasteiger partial charge on any atom is 0.153 e. The first-order chi connectivity index (χ1) is 6.90. The highest BCUT2D eigenvalue weighted by atomic mass is 15.3. The fraction of sp³-hybridized carbons (Fsp3) is 0.200. The number of aromatic nitrogens is 3. The second kappa shape index (κ2) is 4.02. The summed E-state index contributed by atoms with van der Waals surface area (Å²) in [5.41, 5.74) is 6.44. The molecule has 2 aromatic rings. The molecule has 0 aliphatic carbocycles. The zero-order valence-corrected chi connectivity index (χ0v) is 7.80. The van der Waals surface area contributed by atoms with Crippen LogP contribution in [0.1, 0.15) is 5.69 Å². The molecule has 0 atom stereocenters. The Morgan fingerprint density at radius 3 is 2.93 bits per heavy atom. The van der Waals surface area contributed by atoms with Crippen LogP contribution in [0.4, 0.5) is 0 Å². The van der Waals surface area contributed by atoms with Crippen LogP contribution < -0.4 is 5.73 Å². The molecule has 0 saturated heterocycles. The van der Waals surface area contributed by atoms with Crippen LogP contribution in [0.2, 0.25) is 0 Å². The van der Waals surface area contributed by atoms with Gasteiger partial charge in [0.2, 0.25) is 0 Å². The minimum absolute atomic E-state index is 0.624. The van der Waals surface area contributed by atoms with Crippen LogP contribution in [-0.4, -0.2) is 21.3 Å². The third-order valence-corrected chi connectivity index (χ3v) is 1.93. The summed E-state index contributed by atoms with van der Waals surface area (Å²) in [6, 6.07) is 7.70. The van der Waals surface area contributed by atoms with Crippen molar-refractivity contribution in [1.82, 2.24) is 14.8 Å². The molecule has 0 spiro atoms. The molecule has 0 unspecified atom stereocenters. The van der Waals surface area contributed by atoms with E-state index in [0.717, 1.165) is 17.9 Å². The highest BCUT2D eigenvalue weighted by molar-refractivity contribution is 5.20. The van der Waals surface area contributed by atoms with E-state index in [4.69, 9.17) is 5.73 Å². The lowest BCUT2D eigenvalue weighted by atomic mass is 10.3. The summed E-state index contributed by atoms with van der Waals surface area (Å²) in [6.45, 7) is 0.624. The van der Waals surface area contributed by atoms with Crippen molar-refractivity contribution in [3.8, 4) is 5.82 Å². The number of rotatable bonds is 3. The Morgan fingerprint density at radius 2 is 2.21 bits per heavy atom. The highest BCUT2D eigenvalue weighted by Crippen LogP contribution is 2.03. The first kappa shape index (κ1) is 8.90. The zero-order valence-electron chi connectivity index (χ0n) is 7.80. The molecule has 0 saturated carbocycles. The van der Waals surface area contributed by atoms with Gasteiger partial charge in [-0.05, 0) is 24.7 Å². The third kappa shape index (κ3) is 1.80. The van der Waals surface area contributed by atoms with Crippen molar-refractivity contribution in [1.29, 1.82) is 0 Å². The molecule has 14 heavy (non-hydrogen) atoms. The highest BCUT2D eigenvalue weighted by Gasteiger charge is 1.99. The van der Waals surface area contributed by atoms with Crippen molar-refractivity contribution < 1.29 is 0 Å². The summed E-state index contributed by atoms with van der Waals surface area (Å²) in [6.07, 6.45) is 4.45. The van der Waals surface area contributed by atoms with E-state index >= 15 is 0 Å². The molecular formula is C10H12N4. The van der Waals surface area contributed by atoms with Crippen molar-refractivity contribution in [2.75, 3.05) is 6.54 Å². The summed E-state index contributed by atoms with van der Waals surface area (Å²) in [5.74, 6) is 0.829. The Balaban J connectivity index is 2.25. The standard InChI is InChI=1S/C10H12N4/c11-6-4-9-5-8-14(13-9)10-3-1-2-7-12-10/h1-3,5,7-8H,4,6,11H2. The van der Waals surface area contributed by atoms with Gasteiger partial charge in [-0.15, -0.1) is 0 Å². The molecule has 4 heteroatoms. The van der Waals surface area contributed by atoms with Gasteiger partial charge in [0.05, 0.1) is 5.69 Å². The van der Waals surface area contributed by atoms with Gasteiger partial charge in [0.1, 0.15) is 0 Å². The van der Waals surface area contributed by atoms with E-state index in [1.165, 1.54) is 0 Å². The monoisotopic (exact) mass is 188 g/mol. The van der Waals surface area contributed by atoms with Gasteiger partial charge >= 0.3 is 0 Å². The molecule has 2 N–H and O–H groups in total. The van der Waals surface area contributed by atoms with Gasteiger partial charge in [0.25, 0.3) is 0 Å². The lowest BCUT2D eigenvalue weighted by molar-refractivity contribution is 0.802. The molecular weight excluding hydrogens is 176 g/mol. The predicted molar refractivity (Wildman–Crippen MR) is 54.1 cm³/mol. The van der Waals surface area contributed by atoms with Gasteiger partial charge in [-0.1, -0.05) is 6.07 Å². The Labute approximate surface area is 82.4 Å². The van der Waals surface area contributed by atoms with Gasteiger partial charge in [-0.25, -0.2) is 9.67 Å². The first-order valence-corrected chi connectivity index (χ1v) is 4.56. The second-order valence-corrected chi connectivity index (χ2v) is 2.98. The molecule has 2 heterocycles. The van der Waals surface area contributed by atoms with Crippen molar-refractivity contribution >= 4 is 0 Å². The summed E-state index contributed by atoms with van der Waals surface area (Å²) in [5, 5.41) is 4.34. The minimum atomic E-state index is 0.624. The Kier molecular flexibility index (Phi) is 2.55. The van der Waals surface area contributed by atoms with Crippen molar-refractivity contribution in [2.24, 2.45) is 5.73 Å². The van der Waals surface area contributed by atoms with Crippen LogP contribution in [0.25, 0.3) is 5.82 Å². The molecule has 0 radical (unpaired) electrons. The number of hydrogen-bond donors (Lipinski definition) is 1. The zero-order chi connectivity index (χ0) is 9.80. The van der Waals surface area contributed by atoms with Gasteiger partial charge in [0.15, 0.2) is 5.82 Å². The molecule has 0 aromatic carbocycles. The summed E-state index contributed by atoms with van der Waals surface area (Å²) >= 11 is 0. The maximum atomic E-state index is 5.44. The lowest BCUT2D eigenvalue weighted by Crippen LogP contribution is -2.04. The van der Waals surface area contributed by atoms with Crippen LogP contribution in [0.15, 0.2) is 36.7 Å². The van der Waals surface area contributed by atoms with Crippen LogP contribution in [0.3, 0.4) is 0 Å². The predicted octanol–water partition coefficient (Wildman–Crippen LogP) is 0.768. The van der Waals surface area contributed by atoms with Crippen LogP contribution in [0, 0.1) is 0 Å². The largest absolute Gasteiger partial charge is 0.330 e. The van der Waals surface area contributed by atoms with Crippen molar-refractivity contribution in [3.63, 3.8) is 0 Å². The summed E-state index contributed by atoms with van der Waals surface area (Å²) in [4.78, 5) is 4.19. The van der Waals surface area contributed by atoms with Crippen LogP contribution >= 0.6 is 0 Å². The van der Waals surface area contributed by atoms with Crippen molar-refractivity contribution in [2.45, 2.75) is 6.42 Å². The molecule has 2 aromatic heterocycles. The van der Waals surface area contributed by atoms with E-state index in [1.807, 2.05) is 30.5 Å². The minimum Gasteiger partial charge on any atom is -0.330 e. The van der Waals surface area contributed by atoms with E-state index in [-0.39, 0.29) is 0 Å². The first-order valence-electron chi connectivity index (χ1n) is 4.56. The molecule has 2 rings (SSSR count).